The second-order valence-corrected chi connectivity index (χ2v) is 4.94. The lowest BCUT2D eigenvalue weighted by Gasteiger charge is -2.39. The van der Waals surface area contributed by atoms with E-state index < -0.39 is 0 Å². The maximum absolute atomic E-state index is 5.92. The van der Waals surface area contributed by atoms with Crippen LogP contribution in [0.15, 0.2) is 0 Å². The van der Waals surface area contributed by atoms with Crippen LogP contribution in [0.5, 0.6) is 0 Å². The molecule has 1 atom stereocenters. The SMILES string of the molecule is CCCC(C)(CN)C1CCCCC1. The van der Waals surface area contributed by atoms with Crippen molar-refractivity contribution in [1.82, 2.24) is 0 Å². The minimum absolute atomic E-state index is 0.440. The summed E-state index contributed by atoms with van der Waals surface area (Å²) in [4.78, 5) is 0. The van der Waals surface area contributed by atoms with Crippen LogP contribution in [0.2, 0.25) is 0 Å². The zero-order chi connectivity index (χ0) is 9.73. The smallest absolute Gasteiger partial charge is 0.00205 e. The van der Waals surface area contributed by atoms with E-state index in [0.717, 1.165) is 12.5 Å². The van der Waals surface area contributed by atoms with Crippen molar-refractivity contribution in [2.24, 2.45) is 17.1 Å². The summed E-state index contributed by atoms with van der Waals surface area (Å²) in [5, 5.41) is 0. The predicted octanol–water partition coefficient (Wildman–Crippen LogP) is 3.33. The Morgan fingerprint density at radius 1 is 1.23 bits per heavy atom. The Morgan fingerprint density at radius 3 is 2.31 bits per heavy atom. The van der Waals surface area contributed by atoms with Crippen LogP contribution in [0, 0.1) is 11.3 Å². The third-order valence-electron chi connectivity index (χ3n) is 3.88. The molecule has 0 aromatic heterocycles. The van der Waals surface area contributed by atoms with Gasteiger partial charge in [-0.05, 0) is 37.1 Å². The number of hydrogen-bond acceptors (Lipinski definition) is 1. The minimum Gasteiger partial charge on any atom is -0.330 e. The van der Waals surface area contributed by atoms with E-state index in [-0.39, 0.29) is 0 Å². The molecule has 1 aliphatic rings. The second-order valence-electron chi connectivity index (χ2n) is 4.94. The summed E-state index contributed by atoms with van der Waals surface area (Å²) in [5.74, 6) is 0.909. The molecule has 0 bridgehead atoms. The zero-order valence-corrected chi connectivity index (χ0v) is 9.31. The molecule has 2 N–H and O–H groups in total. The Morgan fingerprint density at radius 2 is 1.85 bits per heavy atom. The minimum atomic E-state index is 0.440. The van der Waals surface area contributed by atoms with E-state index in [0.29, 0.717) is 5.41 Å². The van der Waals surface area contributed by atoms with E-state index in [1.807, 2.05) is 0 Å². The van der Waals surface area contributed by atoms with Crippen molar-refractivity contribution >= 4 is 0 Å². The molecule has 0 aromatic rings. The maximum atomic E-state index is 5.92. The van der Waals surface area contributed by atoms with Crippen LogP contribution in [-0.2, 0) is 0 Å². The van der Waals surface area contributed by atoms with Crippen LogP contribution in [0.3, 0.4) is 0 Å². The Labute approximate surface area is 83.1 Å². The molecular weight excluding hydrogens is 158 g/mol. The highest BCUT2D eigenvalue weighted by molar-refractivity contribution is 4.84. The number of rotatable bonds is 4. The van der Waals surface area contributed by atoms with Crippen LogP contribution < -0.4 is 5.73 Å². The molecular formula is C12H25N. The average Bonchev–Trinajstić information content (AvgIpc) is 2.19. The lowest BCUT2D eigenvalue weighted by atomic mass is 9.68. The molecule has 1 rings (SSSR count). The van der Waals surface area contributed by atoms with Crippen LogP contribution in [0.25, 0.3) is 0 Å². The largest absolute Gasteiger partial charge is 0.330 e. The second kappa shape index (κ2) is 4.99. The van der Waals surface area contributed by atoms with Crippen molar-refractivity contribution in [3.8, 4) is 0 Å². The molecule has 1 fully saturated rings. The van der Waals surface area contributed by atoms with Crippen molar-refractivity contribution in [3.05, 3.63) is 0 Å². The molecule has 1 nitrogen and oxygen atoms in total. The van der Waals surface area contributed by atoms with Crippen molar-refractivity contribution in [2.45, 2.75) is 58.8 Å². The summed E-state index contributed by atoms with van der Waals surface area (Å²) in [6.07, 6.45) is 9.76. The molecule has 0 radical (unpaired) electrons. The first-order chi connectivity index (χ1) is 6.23. The van der Waals surface area contributed by atoms with Crippen molar-refractivity contribution in [2.75, 3.05) is 6.54 Å². The summed E-state index contributed by atoms with van der Waals surface area (Å²) >= 11 is 0. The van der Waals surface area contributed by atoms with Gasteiger partial charge in [0.05, 0.1) is 0 Å². The lowest BCUT2D eigenvalue weighted by Crippen LogP contribution is -2.36. The van der Waals surface area contributed by atoms with E-state index in [4.69, 9.17) is 5.73 Å². The molecule has 0 saturated heterocycles. The summed E-state index contributed by atoms with van der Waals surface area (Å²) in [6, 6.07) is 0. The molecule has 0 aliphatic heterocycles. The van der Waals surface area contributed by atoms with E-state index >= 15 is 0 Å². The van der Waals surface area contributed by atoms with Gasteiger partial charge in [0.15, 0.2) is 0 Å². The average molecular weight is 183 g/mol. The van der Waals surface area contributed by atoms with E-state index in [1.165, 1.54) is 44.9 Å². The lowest BCUT2D eigenvalue weighted by molar-refractivity contribution is 0.132. The van der Waals surface area contributed by atoms with Gasteiger partial charge in [-0.1, -0.05) is 39.5 Å². The van der Waals surface area contributed by atoms with Gasteiger partial charge in [0.25, 0.3) is 0 Å². The van der Waals surface area contributed by atoms with Crippen LogP contribution in [-0.4, -0.2) is 6.54 Å². The molecule has 1 unspecified atom stereocenters. The summed E-state index contributed by atoms with van der Waals surface area (Å²) in [7, 11) is 0. The van der Waals surface area contributed by atoms with Gasteiger partial charge in [0.2, 0.25) is 0 Å². The fraction of sp³-hybridized carbons (Fsp3) is 1.00. The van der Waals surface area contributed by atoms with Gasteiger partial charge in [0, 0.05) is 0 Å². The van der Waals surface area contributed by atoms with Gasteiger partial charge >= 0.3 is 0 Å². The molecule has 1 aliphatic carbocycles. The van der Waals surface area contributed by atoms with Crippen molar-refractivity contribution in [3.63, 3.8) is 0 Å². The molecule has 0 aromatic carbocycles. The highest BCUT2D eigenvalue weighted by atomic mass is 14.6. The quantitative estimate of drug-likeness (QED) is 0.711. The van der Waals surface area contributed by atoms with Crippen molar-refractivity contribution in [1.29, 1.82) is 0 Å². The van der Waals surface area contributed by atoms with Gasteiger partial charge in [-0.25, -0.2) is 0 Å². The third-order valence-corrected chi connectivity index (χ3v) is 3.88. The highest BCUT2D eigenvalue weighted by Gasteiger charge is 2.32. The van der Waals surface area contributed by atoms with Gasteiger partial charge in [-0.15, -0.1) is 0 Å². The molecule has 13 heavy (non-hydrogen) atoms. The molecule has 0 amide bonds. The van der Waals surface area contributed by atoms with Crippen molar-refractivity contribution < 1.29 is 0 Å². The summed E-state index contributed by atoms with van der Waals surface area (Å²) < 4.78 is 0. The predicted molar refractivity (Wildman–Crippen MR) is 58.6 cm³/mol. The Hall–Kier alpha value is -0.0400. The first-order valence-electron chi connectivity index (χ1n) is 5.93. The Kier molecular flexibility index (Phi) is 4.24. The van der Waals surface area contributed by atoms with Gasteiger partial charge in [0.1, 0.15) is 0 Å². The molecule has 0 spiro atoms. The molecule has 0 heterocycles. The van der Waals surface area contributed by atoms with Gasteiger partial charge in [-0.3, -0.25) is 0 Å². The van der Waals surface area contributed by atoms with Gasteiger partial charge < -0.3 is 5.73 Å². The molecule has 78 valence electrons. The van der Waals surface area contributed by atoms with E-state index in [9.17, 15) is 0 Å². The van der Waals surface area contributed by atoms with Crippen LogP contribution in [0.1, 0.15) is 58.8 Å². The first-order valence-corrected chi connectivity index (χ1v) is 5.93. The fourth-order valence-electron chi connectivity index (χ4n) is 2.84. The Balaban J connectivity index is 2.51. The maximum Gasteiger partial charge on any atom is -0.00205 e. The normalized spacial score (nSPS) is 24.2. The standard InChI is InChI=1S/C12H25N/c1-3-9-12(2,10-13)11-7-5-4-6-8-11/h11H,3-10,13H2,1-2H3. The fourth-order valence-corrected chi connectivity index (χ4v) is 2.84. The number of hydrogen-bond donors (Lipinski definition) is 1. The first kappa shape index (κ1) is 11.0. The summed E-state index contributed by atoms with van der Waals surface area (Å²) in [6.45, 7) is 5.55. The van der Waals surface area contributed by atoms with Crippen LogP contribution >= 0.6 is 0 Å². The van der Waals surface area contributed by atoms with E-state index in [1.54, 1.807) is 0 Å². The van der Waals surface area contributed by atoms with Gasteiger partial charge in [-0.2, -0.15) is 0 Å². The highest BCUT2D eigenvalue weighted by Crippen LogP contribution is 2.40. The monoisotopic (exact) mass is 183 g/mol. The molecule has 1 heteroatoms. The molecule has 1 saturated carbocycles. The topological polar surface area (TPSA) is 26.0 Å². The van der Waals surface area contributed by atoms with E-state index in [2.05, 4.69) is 13.8 Å². The zero-order valence-electron chi connectivity index (χ0n) is 9.31. The third kappa shape index (κ3) is 2.70. The number of nitrogens with two attached hydrogens (primary N) is 1. The Bertz CT molecular complexity index is 138. The van der Waals surface area contributed by atoms with Crippen LogP contribution in [0.4, 0.5) is 0 Å². The summed E-state index contributed by atoms with van der Waals surface area (Å²) in [5.41, 5.74) is 6.36.